The molecule has 1 amide bonds. The highest BCUT2D eigenvalue weighted by atomic mass is 16.2. The van der Waals surface area contributed by atoms with Crippen LogP contribution in [0.2, 0.25) is 0 Å². The van der Waals surface area contributed by atoms with Crippen molar-refractivity contribution in [2.45, 2.75) is 31.7 Å². The molecule has 1 aliphatic heterocycles. The number of nitrogens with zero attached hydrogens (tertiary/aromatic N) is 1. The Balaban J connectivity index is 2.19. The SMILES string of the molecule is C=CCC(C)(c1ccccc1)C1c2ccccc2C(=O)N1CC. The van der Waals surface area contributed by atoms with Gasteiger partial charge in [0.2, 0.25) is 0 Å². The fraction of sp³-hybridized carbons (Fsp3) is 0.286. The molecule has 0 saturated heterocycles. The molecule has 2 aromatic rings. The number of hydrogen-bond acceptors (Lipinski definition) is 1. The number of rotatable bonds is 5. The van der Waals surface area contributed by atoms with Crippen LogP contribution < -0.4 is 0 Å². The molecule has 0 aromatic heterocycles. The van der Waals surface area contributed by atoms with Gasteiger partial charge in [0.1, 0.15) is 0 Å². The summed E-state index contributed by atoms with van der Waals surface area (Å²) in [6.45, 7) is 8.97. The highest BCUT2D eigenvalue weighted by molar-refractivity contribution is 5.99. The molecule has 0 bridgehead atoms. The predicted molar refractivity (Wildman–Crippen MR) is 94.5 cm³/mol. The van der Waals surface area contributed by atoms with E-state index in [1.165, 1.54) is 5.56 Å². The maximum Gasteiger partial charge on any atom is 0.254 e. The molecule has 0 radical (unpaired) electrons. The highest BCUT2D eigenvalue weighted by Gasteiger charge is 2.46. The van der Waals surface area contributed by atoms with Gasteiger partial charge in [-0.1, -0.05) is 61.5 Å². The third kappa shape index (κ3) is 2.39. The monoisotopic (exact) mass is 305 g/mol. The van der Waals surface area contributed by atoms with Gasteiger partial charge in [0, 0.05) is 17.5 Å². The summed E-state index contributed by atoms with van der Waals surface area (Å²) in [5.41, 5.74) is 3.02. The van der Waals surface area contributed by atoms with E-state index in [0.29, 0.717) is 6.54 Å². The summed E-state index contributed by atoms with van der Waals surface area (Å²) in [7, 11) is 0. The second-order valence-corrected chi connectivity index (χ2v) is 6.36. The van der Waals surface area contributed by atoms with Gasteiger partial charge in [-0.2, -0.15) is 0 Å². The predicted octanol–water partition coefficient (Wildman–Crippen LogP) is 4.74. The number of carbonyl (C=O) groups is 1. The second kappa shape index (κ2) is 6.04. The molecule has 0 saturated carbocycles. The fourth-order valence-corrected chi connectivity index (χ4v) is 3.89. The number of hydrogen-bond donors (Lipinski definition) is 0. The van der Waals surface area contributed by atoms with E-state index < -0.39 is 0 Å². The van der Waals surface area contributed by atoms with Crippen molar-refractivity contribution < 1.29 is 4.79 Å². The van der Waals surface area contributed by atoms with Gasteiger partial charge in [0.05, 0.1) is 6.04 Å². The van der Waals surface area contributed by atoms with Crippen molar-refractivity contribution in [1.82, 2.24) is 4.90 Å². The second-order valence-electron chi connectivity index (χ2n) is 6.36. The Morgan fingerprint density at radius 2 is 1.78 bits per heavy atom. The first-order valence-corrected chi connectivity index (χ1v) is 8.19. The van der Waals surface area contributed by atoms with E-state index in [-0.39, 0.29) is 17.4 Å². The average Bonchev–Trinajstić information content (AvgIpc) is 2.89. The number of amides is 1. The molecule has 0 aliphatic carbocycles. The van der Waals surface area contributed by atoms with Crippen molar-refractivity contribution >= 4 is 5.91 Å². The molecule has 2 heteroatoms. The highest BCUT2D eigenvalue weighted by Crippen LogP contribution is 2.48. The lowest BCUT2D eigenvalue weighted by atomic mass is 9.71. The van der Waals surface area contributed by atoms with Gasteiger partial charge in [-0.3, -0.25) is 4.79 Å². The van der Waals surface area contributed by atoms with E-state index >= 15 is 0 Å². The summed E-state index contributed by atoms with van der Waals surface area (Å²) >= 11 is 0. The molecule has 118 valence electrons. The lowest BCUT2D eigenvalue weighted by molar-refractivity contribution is 0.0656. The molecule has 0 fully saturated rings. The van der Waals surface area contributed by atoms with Crippen molar-refractivity contribution in [3.05, 3.63) is 83.9 Å². The summed E-state index contributed by atoms with van der Waals surface area (Å²) in [6, 6.07) is 18.5. The van der Waals surface area contributed by atoms with Crippen LogP contribution in [0.1, 0.15) is 47.8 Å². The Morgan fingerprint density at radius 1 is 1.13 bits per heavy atom. The Hall–Kier alpha value is -2.35. The van der Waals surface area contributed by atoms with E-state index in [1.807, 2.05) is 35.2 Å². The molecule has 2 unspecified atom stereocenters. The summed E-state index contributed by atoms with van der Waals surface area (Å²) in [4.78, 5) is 14.8. The number of allylic oxidation sites excluding steroid dienone is 1. The number of benzene rings is 2. The molecule has 0 spiro atoms. The van der Waals surface area contributed by atoms with E-state index in [0.717, 1.165) is 17.5 Å². The minimum Gasteiger partial charge on any atom is -0.331 e. The third-order valence-corrected chi connectivity index (χ3v) is 5.00. The maximum atomic E-state index is 12.8. The van der Waals surface area contributed by atoms with Crippen molar-refractivity contribution in [3.8, 4) is 0 Å². The first kappa shape index (κ1) is 15.5. The number of likely N-dealkylation sites (N-methyl/N-ethyl adjacent to an activating group) is 1. The maximum absolute atomic E-state index is 12.8. The molecule has 2 nitrogen and oxygen atoms in total. The first-order valence-electron chi connectivity index (χ1n) is 8.19. The van der Waals surface area contributed by atoms with Gasteiger partial charge in [0.15, 0.2) is 0 Å². The smallest absolute Gasteiger partial charge is 0.254 e. The fourth-order valence-electron chi connectivity index (χ4n) is 3.89. The molecule has 0 N–H and O–H groups in total. The lowest BCUT2D eigenvalue weighted by Gasteiger charge is -2.40. The van der Waals surface area contributed by atoms with Crippen LogP contribution in [0.15, 0.2) is 67.3 Å². The van der Waals surface area contributed by atoms with Crippen molar-refractivity contribution in [3.63, 3.8) is 0 Å². The van der Waals surface area contributed by atoms with Crippen LogP contribution in [0.4, 0.5) is 0 Å². The Morgan fingerprint density at radius 3 is 2.43 bits per heavy atom. The van der Waals surface area contributed by atoms with E-state index in [1.54, 1.807) is 0 Å². The molecule has 1 heterocycles. The summed E-state index contributed by atoms with van der Waals surface area (Å²) in [5, 5.41) is 0. The van der Waals surface area contributed by atoms with Gasteiger partial charge in [-0.15, -0.1) is 6.58 Å². The minimum absolute atomic E-state index is 0.0385. The van der Waals surface area contributed by atoms with Crippen LogP contribution in [0.3, 0.4) is 0 Å². The van der Waals surface area contributed by atoms with Gasteiger partial charge < -0.3 is 4.90 Å². The molecule has 1 aliphatic rings. The van der Waals surface area contributed by atoms with Crippen LogP contribution in [0, 0.1) is 0 Å². The topological polar surface area (TPSA) is 20.3 Å². The third-order valence-electron chi connectivity index (χ3n) is 5.00. The minimum atomic E-state index is -0.193. The van der Waals surface area contributed by atoms with E-state index in [4.69, 9.17) is 0 Å². The summed E-state index contributed by atoms with van der Waals surface area (Å²) < 4.78 is 0. The van der Waals surface area contributed by atoms with Crippen LogP contribution in [-0.2, 0) is 5.41 Å². The van der Waals surface area contributed by atoms with Crippen LogP contribution >= 0.6 is 0 Å². The Kier molecular flexibility index (Phi) is 4.08. The van der Waals surface area contributed by atoms with Crippen molar-refractivity contribution in [1.29, 1.82) is 0 Å². The van der Waals surface area contributed by atoms with E-state index in [2.05, 4.69) is 50.8 Å². The largest absolute Gasteiger partial charge is 0.331 e. The summed E-state index contributed by atoms with van der Waals surface area (Å²) in [6.07, 6.45) is 2.78. The Labute approximate surface area is 138 Å². The number of fused-ring (bicyclic) bond motifs is 1. The normalized spacial score (nSPS) is 19.3. The van der Waals surface area contributed by atoms with Crippen LogP contribution in [-0.4, -0.2) is 17.4 Å². The molecular formula is C21H23NO. The van der Waals surface area contributed by atoms with E-state index in [9.17, 15) is 4.79 Å². The van der Waals surface area contributed by atoms with Crippen LogP contribution in [0.5, 0.6) is 0 Å². The average molecular weight is 305 g/mol. The molecule has 3 rings (SSSR count). The molecular weight excluding hydrogens is 282 g/mol. The quantitative estimate of drug-likeness (QED) is 0.731. The molecule has 2 aromatic carbocycles. The standard InChI is InChI=1S/C21H23NO/c1-4-15-21(3,16-11-7-6-8-12-16)19-17-13-9-10-14-18(17)20(23)22(19)5-2/h4,6-14,19H,1,5,15H2,2-3H3. The van der Waals surface area contributed by atoms with Crippen LogP contribution in [0.25, 0.3) is 0 Å². The molecule has 23 heavy (non-hydrogen) atoms. The zero-order valence-electron chi connectivity index (χ0n) is 13.8. The van der Waals surface area contributed by atoms with Gasteiger partial charge in [0.25, 0.3) is 5.91 Å². The molecule has 2 atom stereocenters. The zero-order chi connectivity index (χ0) is 16.4. The Bertz CT molecular complexity index is 722. The van der Waals surface area contributed by atoms with Gasteiger partial charge in [-0.05, 0) is 30.5 Å². The number of carbonyl (C=O) groups excluding carboxylic acids is 1. The lowest BCUT2D eigenvalue weighted by Crippen LogP contribution is -2.40. The van der Waals surface area contributed by atoms with Crippen molar-refractivity contribution in [2.75, 3.05) is 6.54 Å². The summed E-state index contributed by atoms with van der Waals surface area (Å²) in [5.74, 6) is 0.138. The first-order chi connectivity index (χ1) is 11.1. The van der Waals surface area contributed by atoms with Gasteiger partial charge in [-0.25, -0.2) is 0 Å². The van der Waals surface area contributed by atoms with Gasteiger partial charge >= 0.3 is 0 Å². The zero-order valence-corrected chi connectivity index (χ0v) is 13.8. The van der Waals surface area contributed by atoms with Crippen molar-refractivity contribution in [2.24, 2.45) is 0 Å².